The zero-order chi connectivity index (χ0) is 11.2. The van der Waals surface area contributed by atoms with Crippen LogP contribution in [0.5, 0.6) is 0 Å². The summed E-state index contributed by atoms with van der Waals surface area (Å²) in [5, 5.41) is 0.970. The Bertz CT molecular complexity index is 176. The Labute approximate surface area is 95.5 Å². The van der Waals surface area contributed by atoms with Crippen LogP contribution in [0.2, 0.25) is 0 Å². The summed E-state index contributed by atoms with van der Waals surface area (Å²) in [6.07, 6.45) is 1.99. The summed E-state index contributed by atoms with van der Waals surface area (Å²) in [4.78, 5) is 11.6. The van der Waals surface area contributed by atoms with Crippen LogP contribution in [0, 0.1) is 11.3 Å². The molecule has 14 heavy (non-hydrogen) atoms. The lowest BCUT2D eigenvalue weighted by molar-refractivity contribution is -0.156. The Morgan fingerprint density at radius 3 is 2.36 bits per heavy atom. The molecule has 0 unspecified atom stereocenters. The number of hydrogen-bond acceptors (Lipinski definition) is 2. The quantitative estimate of drug-likeness (QED) is 0.418. The molecule has 0 aliphatic rings. The van der Waals surface area contributed by atoms with E-state index < -0.39 is 0 Å². The summed E-state index contributed by atoms with van der Waals surface area (Å²) in [7, 11) is 0. The second kappa shape index (κ2) is 6.44. The number of ether oxygens (including phenoxy) is 1. The van der Waals surface area contributed by atoms with Crippen molar-refractivity contribution in [3.63, 3.8) is 0 Å². The topological polar surface area (TPSA) is 26.3 Å². The molecular formula is C11H21BrO2. The van der Waals surface area contributed by atoms with Gasteiger partial charge in [0.25, 0.3) is 0 Å². The molecule has 0 N–H and O–H groups in total. The van der Waals surface area contributed by atoms with Gasteiger partial charge in [-0.2, -0.15) is 0 Å². The van der Waals surface area contributed by atoms with E-state index in [4.69, 9.17) is 4.74 Å². The Balaban J connectivity index is 3.84. The minimum absolute atomic E-state index is 0.0814. The number of alkyl halides is 1. The van der Waals surface area contributed by atoms with Gasteiger partial charge in [-0.05, 0) is 32.6 Å². The first-order valence-electron chi connectivity index (χ1n) is 5.16. The predicted octanol–water partition coefficient (Wildman–Crippen LogP) is 3.39. The summed E-state index contributed by atoms with van der Waals surface area (Å²) in [6, 6.07) is 0. The van der Waals surface area contributed by atoms with Crippen molar-refractivity contribution in [3.05, 3.63) is 0 Å². The van der Waals surface area contributed by atoms with Crippen molar-refractivity contribution >= 4 is 21.9 Å². The van der Waals surface area contributed by atoms with E-state index in [1.165, 1.54) is 0 Å². The Hall–Kier alpha value is -0.0500. The Kier molecular flexibility index (Phi) is 6.41. The molecule has 0 aromatic heterocycles. The summed E-state index contributed by atoms with van der Waals surface area (Å²) < 4.78 is 5.21. The average molecular weight is 265 g/mol. The minimum Gasteiger partial charge on any atom is -0.465 e. The van der Waals surface area contributed by atoms with Crippen molar-refractivity contribution < 1.29 is 9.53 Å². The molecule has 0 aromatic rings. The second-order valence-electron chi connectivity index (χ2n) is 4.41. The SMILES string of the molecule is CC(C)C(C)(C)C(=O)OCCCCBr. The Morgan fingerprint density at radius 2 is 1.93 bits per heavy atom. The number of carbonyl (C=O) groups is 1. The molecule has 0 aromatic carbocycles. The van der Waals surface area contributed by atoms with Crippen LogP contribution in [0.1, 0.15) is 40.5 Å². The normalized spacial score (nSPS) is 11.9. The molecule has 2 nitrogen and oxygen atoms in total. The van der Waals surface area contributed by atoms with Gasteiger partial charge in [-0.25, -0.2) is 0 Å². The van der Waals surface area contributed by atoms with Gasteiger partial charge in [-0.1, -0.05) is 29.8 Å². The number of halogens is 1. The number of carbonyl (C=O) groups excluding carboxylic acids is 1. The summed E-state index contributed by atoms with van der Waals surface area (Å²) in [5.74, 6) is 0.230. The molecule has 0 aliphatic heterocycles. The van der Waals surface area contributed by atoms with Gasteiger partial charge in [0.1, 0.15) is 0 Å². The van der Waals surface area contributed by atoms with Crippen molar-refractivity contribution in [2.24, 2.45) is 11.3 Å². The predicted molar refractivity (Wildman–Crippen MR) is 62.6 cm³/mol. The maximum absolute atomic E-state index is 11.6. The number of hydrogen-bond donors (Lipinski definition) is 0. The van der Waals surface area contributed by atoms with Gasteiger partial charge in [0.05, 0.1) is 12.0 Å². The summed E-state index contributed by atoms with van der Waals surface area (Å²) in [5.41, 5.74) is -0.367. The van der Waals surface area contributed by atoms with Crippen LogP contribution in [-0.2, 0) is 9.53 Å². The molecule has 84 valence electrons. The molecule has 0 amide bonds. The molecule has 0 rings (SSSR count). The van der Waals surface area contributed by atoms with E-state index in [0.717, 1.165) is 18.2 Å². The van der Waals surface area contributed by atoms with Gasteiger partial charge in [0, 0.05) is 5.33 Å². The van der Waals surface area contributed by atoms with E-state index in [1.807, 2.05) is 27.7 Å². The maximum Gasteiger partial charge on any atom is 0.311 e. The zero-order valence-electron chi connectivity index (χ0n) is 9.60. The summed E-state index contributed by atoms with van der Waals surface area (Å²) >= 11 is 3.34. The van der Waals surface area contributed by atoms with Gasteiger partial charge < -0.3 is 4.74 Å². The number of rotatable bonds is 6. The van der Waals surface area contributed by atoms with Crippen LogP contribution in [0.25, 0.3) is 0 Å². The van der Waals surface area contributed by atoms with Gasteiger partial charge in [0.15, 0.2) is 0 Å². The molecule has 0 saturated carbocycles. The first-order valence-corrected chi connectivity index (χ1v) is 6.28. The third-order valence-electron chi connectivity index (χ3n) is 2.73. The van der Waals surface area contributed by atoms with Gasteiger partial charge in [0.2, 0.25) is 0 Å². The fourth-order valence-corrected chi connectivity index (χ4v) is 1.18. The molecule has 0 spiro atoms. The van der Waals surface area contributed by atoms with E-state index in [9.17, 15) is 4.79 Å². The molecule has 0 aliphatic carbocycles. The van der Waals surface area contributed by atoms with Crippen LogP contribution in [-0.4, -0.2) is 17.9 Å². The highest BCUT2D eigenvalue weighted by Crippen LogP contribution is 2.27. The molecule has 0 atom stereocenters. The first kappa shape index (κ1) is 13.9. The third kappa shape index (κ3) is 4.45. The van der Waals surface area contributed by atoms with E-state index in [0.29, 0.717) is 12.5 Å². The maximum atomic E-state index is 11.6. The standard InChI is InChI=1S/C11H21BrO2/c1-9(2)11(3,4)10(13)14-8-6-5-7-12/h9H,5-8H2,1-4H3. The highest BCUT2D eigenvalue weighted by atomic mass is 79.9. The van der Waals surface area contributed by atoms with Crippen molar-refractivity contribution in [2.75, 3.05) is 11.9 Å². The van der Waals surface area contributed by atoms with Crippen LogP contribution < -0.4 is 0 Å². The van der Waals surface area contributed by atoms with Gasteiger partial charge in [-0.15, -0.1) is 0 Å². The van der Waals surface area contributed by atoms with E-state index in [2.05, 4.69) is 15.9 Å². The van der Waals surface area contributed by atoms with Crippen molar-refractivity contribution in [3.8, 4) is 0 Å². The number of unbranched alkanes of at least 4 members (excludes halogenated alkanes) is 1. The second-order valence-corrected chi connectivity index (χ2v) is 5.20. The smallest absolute Gasteiger partial charge is 0.311 e. The zero-order valence-corrected chi connectivity index (χ0v) is 11.2. The van der Waals surface area contributed by atoms with E-state index >= 15 is 0 Å². The lowest BCUT2D eigenvalue weighted by Crippen LogP contribution is -2.32. The fraction of sp³-hybridized carbons (Fsp3) is 0.909. The van der Waals surface area contributed by atoms with Crippen LogP contribution in [0.3, 0.4) is 0 Å². The van der Waals surface area contributed by atoms with E-state index in [-0.39, 0.29) is 11.4 Å². The van der Waals surface area contributed by atoms with Crippen molar-refractivity contribution in [1.82, 2.24) is 0 Å². The Morgan fingerprint density at radius 1 is 1.36 bits per heavy atom. The van der Waals surface area contributed by atoms with Gasteiger partial charge >= 0.3 is 5.97 Å². The van der Waals surface area contributed by atoms with Crippen molar-refractivity contribution in [2.45, 2.75) is 40.5 Å². The average Bonchev–Trinajstić information content (AvgIpc) is 2.11. The van der Waals surface area contributed by atoms with E-state index in [1.54, 1.807) is 0 Å². The summed E-state index contributed by atoms with van der Waals surface area (Å²) in [6.45, 7) is 8.50. The van der Waals surface area contributed by atoms with Crippen LogP contribution in [0.15, 0.2) is 0 Å². The molecular weight excluding hydrogens is 244 g/mol. The van der Waals surface area contributed by atoms with Gasteiger partial charge in [-0.3, -0.25) is 4.79 Å². The largest absolute Gasteiger partial charge is 0.465 e. The molecule has 3 heteroatoms. The lowest BCUT2D eigenvalue weighted by Gasteiger charge is -2.26. The fourth-order valence-electron chi connectivity index (χ4n) is 0.783. The molecule has 0 heterocycles. The molecule has 0 fully saturated rings. The van der Waals surface area contributed by atoms with Crippen LogP contribution >= 0.6 is 15.9 Å². The monoisotopic (exact) mass is 264 g/mol. The first-order chi connectivity index (χ1) is 6.42. The third-order valence-corrected chi connectivity index (χ3v) is 3.29. The highest BCUT2D eigenvalue weighted by Gasteiger charge is 2.32. The molecule has 0 bridgehead atoms. The lowest BCUT2D eigenvalue weighted by atomic mass is 9.81. The molecule has 0 saturated heterocycles. The minimum atomic E-state index is -0.367. The molecule has 0 radical (unpaired) electrons. The number of esters is 1. The van der Waals surface area contributed by atoms with Crippen LogP contribution in [0.4, 0.5) is 0 Å². The highest BCUT2D eigenvalue weighted by molar-refractivity contribution is 9.09. The van der Waals surface area contributed by atoms with Crippen molar-refractivity contribution in [1.29, 1.82) is 0 Å².